The zero-order valence-corrected chi connectivity index (χ0v) is 8.47. The fraction of sp³-hybridized carbons (Fsp3) is 0.818. The second-order valence-electron chi connectivity index (χ2n) is 4.44. The van der Waals surface area contributed by atoms with Gasteiger partial charge >= 0.3 is 0 Å². The van der Waals surface area contributed by atoms with Crippen LogP contribution in [0, 0.1) is 22.7 Å². The summed E-state index contributed by atoms with van der Waals surface area (Å²) in [5.74, 6) is 0.304. The molecule has 72 valence electrons. The lowest BCUT2D eigenvalue weighted by molar-refractivity contribution is -0.129. The summed E-state index contributed by atoms with van der Waals surface area (Å²) >= 11 is 0. The van der Waals surface area contributed by atoms with Crippen LogP contribution in [-0.4, -0.2) is 5.78 Å². The monoisotopic (exact) mass is 179 g/mol. The highest BCUT2D eigenvalue weighted by atomic mass is 16.1. The van der Waals surface area contributed by atoms with Gasteiger partial charge in [-0.25, -0.2) is 0 Å². The minimum Gasteiger partial charge on any atom is -0.298 e. The Balaban J connectivity index is 2.61. The van der Waals surface area contributed by atoms with Gasteiger partial charge in [0.25, 0.3) is 0 Å². The number of nitriles is 1. The zero-order chi connectivity index (χ0) is 9.90. The van der Waals surface area contributed by atoms with Gasteiger partial charge in [0.2, 0.25) is 0 Å². The molecule has 0 aliphatic heterocycles. The molecule has 0 aromatic rings. The Labute approximate surface area is 79.9 Å². The third kappa shape index (κ3) is 2.30. The molecule has 1 aliphatic rings. The Morgan fingerprint density at radius 1 is 1.31 bits per heavy atom. The van der Waals surface area contributed by atoms with Crippen LogP contribution in [0.2, 0.25) is 0 Å². The van der Waals surface area contributed by atoms with E-state index in [1.54, 1.807) is 13.8 Å². The number of ketones is 1. The molecule has 0 radical (unpaired) electrons. The minimum atomic E-state index is -0.776. The van der Waals surface area contributed by atoms with E-state index in [-0.39, 0.29) is 11.7 Å². The maximum Gasteiger partial charge on any atom is 0.155 e. The van der Waals surface area contributed by atoms with Gasteiger partial charge in [-0.1, -0.05) is 19.3 Å². The molecule has 0 saturated heterocycles. The van der Waals surface area contributed by atoms with Crippen LogP contribution in [0.15, 0.2) is 0 Å². The molecule has 0 N–H and O–H groups in total. The molecule has 0 aromatic carbocycles. The molecule has 0 heterocycles. The van der Waals surface area contributed by atoms with Crippen molar-refractivity contribution in [1.29, 1.82) is 5.26 Å². The van der Waals surface area contributed by atoms with Gasteiger partial charge in [0, 0.05) is 5.92 Å². The number of Topliss-reactive ketones (excluding diaryl/α,β-unsaturated/α-hetero) is 1. The number of hydrogen-bond acceptors (Lipinski definition) is 2. The van der Waals surface area contributed by atoms with Crippen LogP contribution in [0.3, 0.4) is 0 Å². The summed E-state index contributed by atoms with van der Waals surface area (Å²) in [6, 6.07) is 2.09. The van der Waals surface area contributed by atoms with Crippen molar-refractivity contribution in [2.75, 3.05) is 0 Å². The topological polar surface area (TPSA) is 40.9 Å². The summed E-state index contributed by atoms with van der Waals surface area (Å²) in [7, 11) is 0. The quantitative estimate of drug-likeness (QED) is 0.654. The summed E-state index contributed by atoms with van der Waals surface area (Å²) in [5.41, 5.74) is -0.776. The maximum absolute atomic E-state index is 11.8. The zero-order valence-electron chi connectivity index (χ0n) is 8.47. The average molecular weight is 179 g/mol. The molecule has 1 rings (SSSR count). The van der Waals surface area contributed by atoms with E-state index in [1.807, 2.05) is 0 Å². The van der Waals surface area contributed by atoms with E-state index >= 15 is 0 Å². The lowest BCUT2D eigenvalue weighted by Gasteiger charge is -2.25. The first kappa shape index (κ1) is 10.2. The lowest BCUT2D eigenvalue weighted by atomic mass is 9.76. The first-order valence-electron chi connectivity index (χ1n) is 5.03. The SMILES string of the molecule is CC(C)(C#N)C(=O)C1CCCCC1. The number of hydrogen-bond donors (Lipinski definition) is 0. The van der Waals surface area contributed by atoms with Crippen LogP contribution < -0.4 is 0 Å². The van der Waals surface area contributed by atoms with Crippen LogP contribution in [0.4, 0.5) is 0 Å². The smallest absolute Gasteiger partial charge is 0.155 e. The van der Waals surface area contributed by atoms with Crippen LogP contribution in [0.25, 0.3) is 0 Å². The van der Waals surface area contributed by atoms with E-state index in [0.29, 0.717) is 0 Å². The van der Waals surface area contributed by atoms with Gasteiger partial charge in [0.05, 0.1) is 6.07 Å². The highest BCUT2D eigenvalue weighted by molar-refractivity contribution is 5.88. The second-order valence-corrected chi connectivity index (χ2v) is 4.44. The van der Waals surface area contributed by atoms with Gasteiger partial charge in [-0.3, -0.25) is 4.79 Å². The largest absolute Gasteiger partial charge is 0.298 e. The van der Waals surface area contributed by atoms with E-state index in [2.05, 4.69) is 6.07 Å². The fourth-order valence-electron chi connectivity index (χ4n) is 1.93. The lowest BCUT2D eigenvalue weighted by Crippen LogP contribution is -2.30. The van der Waals surface area contributed by atoms with E-state index in [1.165, 1.54) is 6.42 Å². The molecular weight excluding hydrogens is 162 g/mol. The van der Waals surface area contributed by atoms with Crippen LogP contribution in [0.5, 0.6) is 0 Å². The Hall–Kier alpha value is -0.840. The normalized spacial score (nSPS) is 19.5. The first-order valence-corrected chi connectivity index (χ1v) is 5.03. The summed E-state index contributed by atoms with van der Waals surface area (Å²) in [5, 5.41) is 8.82. The van der Waals surface area contributed by atoms with E-state index in [9.17, 15) is 4.79 Å². The molecular formula is C11H17NO. The fourth-order valence-corrected chi connectivity index (χ4v) is 1.93. The van der Waals surface area contributed by atoms with Gasteiger partial charge in [0.1, 0.15) is 5.41 Å². The van der Waals surface area contributed by atoms with Gasteiger partial charge in [-0.15, -0.1) is 0 Å². The Kier molecular flexibility index (Phi) is 3.08. The van der Waals surface area contributed by atoms with Crippen LogP contribution in [0.1, 0.15) is 46.0 Å². The Morgan fingerprint density at radius 3 is 2.31 bits per heavy atom. The standard InChI is InChI=1S/C11H17NO/c1-11(2,8-12)10(13)9-6-4-3-5-7-9/h9H,3-7H2,1-2H3. The molecule has 0 amide bonds. The highest BCUT2D eigenvalue weighted by Gasteiger charge is 2.33. The molecule has 2 nitrogen and oxygen atoms in total. The summed E-state index contributed by atoms with van der Waals surface area (Å²) < 4.78 is 0. The van der Waals surface area contributed by atoms with E-state index in [4.69, 9.17) is 5.26 Å². The molecule has 1 fully saturated rings. The maximum atomic E-state index is 11.8. The predicted octanol–water partition coefficient (Wildman–Crippen LogP) is 2.69. The van der Waals surface area contributed by atoms with Crippen molar-refractivity contribution in [1.82, 2.24) is 0 Å². The van der Waals surface area contributed by atoms with E-state index < -0.39 is 5.41 Å². The summed E-state index contributed by atoms with van der Waals surface area (Å²) in [4.78, 5) is 11.8. The van der Waals surface area contributed by atoms with Gasteiger partial charge < -0.3 is 0 Å². The molecule has 0 aromatic heterocycles. The van der Waals surface area contributed by atoms with Crippen molar-refractivity contribution >= 4 is 5.78 Å². The van der Waals surface area contributed by atoms with Crippen molar-refractivity contribution in [2.45, 2.75) is 46.0 Å². The first-order chi connectivity index (χ1) is 6.08. The molecule has 1 aliphatic carbocycles. The van der Waals surface area contributed by atoms with Crippen molar-refractivity contribution in [3.05, 3.63) is 0 Å². The van der Waals surface area contributed by atoms with Gasteiger partial charge in [0.15, 0.2) is 5.78 Å². The van der Waals surface area contributed by atoms with Crippen molar-refractivity contribution < 1.29 is 4.79 Å². The molecule has 2 heteroatoms. The molecule has 13 heavy (non-hydrogen) atoms. The third-order valence-electron chi connectivity index (χ3n) is 2.87. The van der Waals surface area contributed by atoms with Crippen molar-refractivity contribution in [3.63, 3.8) is 0 Å². The average Bonchev–Trinajstić information content (AvgIpc) is 2.18. The number of carbonyl (C=O) groups is 1. The van der Waals surface area contributed by atoms with Crippen molar-refractivity contribution in [3.8, 4) is 6.07 Å². The number of nitrogens with zero attached hydrogens (tertiary/aromatic N) is 1. The molecule has 0 unspecified atom stereocenters. The van der Waals surface area contributed by atoms with E-state index in [0.717, 1.165) is 25.7 Å². The molecule has 1 saturated carbocycles. The highest BCUT2D eigenvalue weighted by Crippen LogP contribution is 2.30. The van der Waals surface area contributed by atoms with Crippen LogP contribution in [-0.2, 0) is 4.79 Å². The third-order valence-corrected chi connectivity index (χ3v) is 2.87. The predicted molar refractivity (Wildman–Crippen MR) is 51.0 cm³/mol. The summed E-state index contributed by atoms with van der Waals surface area (Å²) in [6.45, 7) is 3.45. The summed E-state index contributed by atoms with van der Waals surface area (Å²) in [6.07, 6.45) is 5.53. The minimum absolute atomic E-state index is 0.148. The second kappa shape index (κ2) is 3.91. The van der Waals surface area contributed by atoms with Gasteiger partial charge in [-0.2, -0.15) is 5.26 Å². The Bertz CT molecular complexity index is 231. The van der Waals surface area contributed by atoms with Gasteiger partial charge in [-0.05, 0) is 26.7 Å². The van der Waals surface area contributed by atoms with Crippen molar-refractivity contribution in [2.24, 2.45) is 11.3 Å². The molecule has 0 atom stereocenters. The molecule has 0 bridgehead atoms. The number of rotatable bonds is 2. The molecule has 0 spiro atoms. The Morgan fingerprint density at radius 2 is 1.85 bits per heavy atom. The number of carbonyl (C=O) groups excluding carboxylic acids is 1. The van der Waals surface area contributed by atoms with Crippen LogP contribution >= 0.6 is 0 Å².